The number of amides is 1. The normalized spacial score (nSPS) is 14.7. The van der Waals surface area contributed by atoms with Gasteiger partial charge in [-0.25, -0.2) is 0 Å². The summed E-state index contributed by atoms with van der Waals surface area (Å²) in [7, 11) is 0. The molecule has 0 atom stereocenters. The van der Waals surface area contributed by atoms with Crippen LogP contribution in [-0.4, -0.2) is 16.8 Å². The molecule has 4 aromatic carbocycles. The van der Waals surface area contributed by atoms with E-state index in [-0.39, 0.29) is 5.91 Å². The Kier molecular flexibility index (Phi) is 6.84. The van der Waals surface area contributed by atoms with Crippen molar-refractivity contribution in [3.05, 3.63) is 107 Å². The van der Waals surface area contributed by atoms with E-state index >= 15 is 0 Å². The smallest absolute Gasteiger partial charge is 0.270 e. The molecule has 4 aromatic rings. The summed E-state index contributed by atoms with van der Waals surface area (Å²) in [5.74, 6) is 1.18. The van der Waals surface area contributed by atoms with Crippen LogP contribution in [0.3, 0.4) is 0 Å². The van der Waals surface area contributed by atoms with E-state index in [1.165, 1.54) is 22.5 Å². The standard InChI is InChI=1S/C29H23NO3S2/c1-2-32-26-17-20(18-27-28(31)30(29(34)35-27)23-12-4-3-5-13-23)15-16-25(26)33-19-22-11-8-10-21-9-6-7-14-24(21)22/h3-18H,2,19H2,1H3/b27-18+. The van der Waals surface area contributed by atoms with Crippen LogP contribution in [0.1, 0.15) is 18.1 Å². The minimum Gasteiger partial charge on any atom is -0.490 e. The van der Waals surface area contributed by atoms with Crippen LogP contribution in [0.15, 0.2) is 95.9 Å². The number of ether oxygens (including phenoxy) is 2. The van der Waals surface area contributed by atoms with Crippen molar-refractivity contribution < 1.29 is 14.3 Å². The Hall–Kier alpha value is -3.61. The molecule has 0 aromatic heterocycles. The maximum absolute atomic E-state index is 13.1. The molecule has 0 saturated carbocycles. The molecule has 1 amide bonds. The molecule has 4 nitrogen and oxygen atoms in total. The maximum Gasteiger partial charge on any atom is 0.270 e. The average Bonchev–Trinajstić information content (AvgIpc) is 3.16. The number of carbonyl (C=O) groups is 1. The second-order valence-electron chi connectivity index (χ2n) is 7.92. The summed E-state index contributed by atoms with van der Waals surface area (Å²) in [6.45, 7) is 2.87. The Balaban J connectivity index is 1.38. The Morgan fingerprint density at radius 2 is 1.66 bits per heavy atom. The van der Waals surface area contributed by atoms with Gasteiger partial charge in [0.2, 0.25) is 0 Å². The zero-order valence-corrected chi connectivity index (χ0v) is 20.8. The molecule has 0 aliphatic carbocycles. The van der Waals surface area contributed by atoms with Crippen LogP contribution in [-0.2, 0) is 11.4 Å². The van der Waals surface area contributed by atoms with E-state index in [0.29, 0.717) is 33.9 Å². The number of benzene rings is 4. The number of anilines is 1. The van der Waals surface area contributed by atoms with Gasteiger partial charge in [-0.15, -0.1) is 0 Å². The first-order valence-electron chi connectivity index (χ1n) is 11.3. The number of nitrogens with zero attached hydrogens (tertiary/aromatic N) is 1. The van der Waals surface area contributed by atoms with Gasteiger partial charge in [0, 0.05) is 0 Å². The third-order valence-electron chi connectivity index (χ3n) is 5.64. The highest BCUT2D eigenvalue weighted by molar-refractivity contribution is 8.27. The van der Waals surface area contributed by atoms with Crippen LogP contribution in [0.2, 0.25) is 0 Å². The van der Waals surface area contributed by atoms with Crippen molar-refractivity contribution in [3.63, 3.8) is 0 Å². The molecule has 0 spiro atoms. The van der Waals surface area contributed by atoms with Crippen molar-refractivity contribution in [2.75, 3.05) is 11.5 Å². The zero-order chi connectivity index (χ0) is 24.2. The number of thiocarbonyl (C=S) groups is 1. The molecule has 1 aliphatic rings. The van der Waals surface area contributed by atoms with Gasteiger partial charge in [0.1, 0.15) is 6.61 Å². The van der Waals surface area contributed by atoms with E-state index in [1.54, 1.807) is 4.90 Å². The molecule has 0 radical (unpaired) electrons. The predicted octanol–water partition coefficient (Wildman–Crippen LogP) is 7.22. The molecule has 5 rings (SSSR count). The monoisotopic (exact) mass is 497 g/mol. The fraction of sp³-hybridized carbons (Fsp3) is 0.103. The maximum atomic E-state index is 13.1. The number of rotatable bonds is 7. The Labute approximate surface area is 214 Å². The van der Waals surface area contributed by atoms with Gasteiger partial charge in [0.25, 0.3) is 5.91 Å². The number of para-hydroxylation sites is 1. The third kappa shape index (κ3) is 4.94. The lowest BCUT2D eigenvalue weighted by atomic mass is 10.1. The van der Waals surface area contributed by atoms with Crippen LogP contribution in [0, 0.1) is 0 Å². The van der Waals surface area contributed by atoms with Gasteiger partial charge in [-0.2, -0.15) is 0 Å². The van der Waals surface area contributed by atoms with Gasteiger partial charge in [-0.05, 0) is 59.2 Å². The molecule has 6 heteroatoms. The van der Waals surface area contributed by atoms with E-state index in [0.717, 1.165) is 16.8 Å². The summed E-state index contributed by atoms with van der Waals surface area (Å²) in [6.07, 6.45) is 1.85. The van der Waals surface area contributed by atoms with Crippen molar-refractivity contribution in [3.8, 4) is 11.5 Å². The summed E-state index contributed by atoms with van der Waals surface area (Å²) < 4.78 is 12.6. The molecular weight excluding hydrogens is 474 g/mol. The van der Waals surface area contributed by atoms with Gasteiger partial charge in [-0.3, -0.25) is 9.69 Å². The third-order valence-corrected chi connectivity index (χ3v) is 6.94. The zero-order valence-electron chi connectivity index (χ0n) is 19.1. The van der Waals surface area contributed by atoms with Crippen LogP contribution in [0.5, 0.6) is 11.5 Å². The molecule has 1 heterocycles. The van der Waals surface area contributed by atoms with Gasteiger partial charge in [0.15, 0.2) is 15.8 Å². The molecule has 174 valence electrons. The highest BCUT2D eigenvalue weighted by Gasteiger charge is 2.33. The largest absolute Gasteiger partial charge is 0.490 e. The number of carbonyl (C=O) groups excluding carboxylic acids is 1. The Morgan fingerprint density at radius 3 is 2.49 bits per heavy atom. The van der Waals surface area contributed by atoms with Gasteiger partial charge in [0.05, 0.1) is 17.2 Å². The second kappa shape index (κ2) is 10.3. The first-order chi connectivity index (χ1) is 17.1. The molecule has 0 N–H and O–H groups in total. The van der Waals surface area contributed by atoms with Crippen molar-refractivity contribution >= 4 is 56.7 Å². The van der Waals surface area contributed by atoms with E-state index < -0.39 is 0 Å². The van der Waals surface area contributed by atoms with E-state index in [2.05, 4.69) is 24.3 Å². The molecular formula is C29H23NO3S2. The lowest BCUT2D eigenvalue weighted by Crippen LogP contribution is -2.27. The summed E-state index contributed by atoms with van der Waals surface area (Å²) in [6, 6.07) is 29.6. The first-order valence-corrected chi connectivity index (χ1v) is 12.6. The topological polar surface area (TPSA) is 38.8 Å². The molecule has 1 saturated heterocycles. The predicted molar refractivity (Wildman–Crippen MR) is 148 cm³/mol. The summed E-state index contributed by atoms with van der Waals surface area (Å²) >= 11 is 6.78. The van der Waals surface area contributed by atoms with Gasteiger partial charge < -0.3 is 9.47 Å². The van der Waals surface area contributed by atoms with Crippen LogP contribution in [0.25, 0.3) is 16.8 Å². The lowest BCUT2D eigenvalue weighted by molar-refractivity contribution is -0.113. The molecule has 1 fully saturated rings. The van der Waals surface area contributed by atoms with Crippen LogP contribution >= 0.6 is 24.0 Å². The lowest BCUT2D eigenvalue weighted by Gasteiger charge is -2.14. The summed E-state index contributed by atoms with van der Waals surface area (Å²) in [5.41, 5.74) is 2.73. The van der Waals surface area contributed by atoms with Crippen molar-refractivity contribution in [1.82, 2.24) is 0 Å². The molecule has 0 unspecified atom stereocenters. The fourth-order valence-electron chi connectivity index (χ4n) is 3.99. The minimum absolute atomic E-state index is 0.125. The highest BCUT2D eigenvalue weighted by atomic mass is 32.2. The quantitative estimate of drug-likeness (QED) is 0.199. The molecule has 35 heavy (non-hydrogen) atoms. The van der Waals surface area contributed by atoms with Crippen LogP contribution < -0.4 is 14.4 Å². The number of hydrogen-bond donors (Lipinski definition) is 0. The van der Waals surface area contributed by atoms with Crippen LogP contribution in [0.4, 0.5) is 5.69 Å². The highest BCUT2D eigenvalue weighted by Crippen LogP contribution is 2.37. The second-order valence-corrected chi connectivity index (χ2v) is 9.59. The Bertz CT molecular complexity index is 1430. The van der Waals surface area contributed by atoms with E-state index in [9.17, 15) is 4.79 Å². The van der Waals surface area contributed by atoms with Gasteiger partial charge >= 0.3 is 0 Å². The first kappa shape index (κ1) is 23.1. The molecule has 1 aliphatic heterocycles. The SMILES string of the molecule is CCOc1cc(/C=C2/SC(=S)N(c3ccccc3)C2=O)ccc1OCc1cccc2ccccc12. The number of thioether (sulfide) groups is 1. The van der Waals surface area contributed by atoms with Crippen molar-refractivity contribution in [2.24, 2.45) is 0 Å². The van der Waals surface area contributed by atoms with E-state index in [4.69, 9.17) is 21.7 Å². The molecule has 0 bridgehead atoms. The van der Waals surface area contributed by atoms with E-state index in [1.807, 2.05) is 79.7 Å². The minimum atomic E-state index is -0.125. The average molecular weight is 498 g/mol. The summed E-state index contributed by atoms with van der Waals surface area (Å²) in [4.78, 5) is 15.2. The fourth-order valence-corrected chi connectivity index (χ4v) is 5.29. The number of hydrogen-bond acceptors (Lipinski definition) is 5. The van der Waals surface area contributed by atoms with Gasteiger partial charge in [-0.1, -0.05) is 90.7 Å². The summed E-state index contributed by atoms with van der Waals surface area (Å²) in [5, 5.41) is 2.35. The van der Waals surface area contributed by atoms with Crippen molar-refractivity contribution in [1.29, 1.82) is 0 Å². The number of fused-ring (bicyclic) bond motifs is 1. The Morgan fingerprint density at radius 1 is 0.886 bits per heavy atom. The van der Waals surface area contributed by atoms with Crippen molar-refractivity contribution in [2.45, 2.75) is 13.5 Å².